The van der Waals surface area contributed by atoms with Gasteiger partial charge in [-0.05, 0) is 49.3 Å². The molecule has 3 nitrogen and oxygen atoms in total. The van der Waals surface area contributed by atoms with Gasteiger partial charge in [-0.15, -0.1) is 0 Å². The minimum Gasteiger partial charge on any atom is -0.383 e. The highest BCUT2D eigenvalue weighted by molar-refractivity contribution is 14.1. The number of halogens is 1. The third kappa shape index (κ3) is 2.04. The molecule has 0 radical (unpaired) electrons. The first-order valence-electron chi connectivity index (χ1n) is 4.79. The number of anilines is 1. The molecule has 0 atom stereocenters. The Bertz CT molecular complexity index is 334. The van der Waals surface area contributed by atoms with Gasteiger partial charge in [0, 0.05) is 0 Å². The molecular weight excluding hydrogens is 289 g/mol. The summed E-state index contributed by atoms with van der Waals surface area (Å²) in [4.78, 5) is 0. The lowest BCUT2D eigenvalue weighted by Gasteiger charge is -2.20. The monoisotopic (exact) mass is 307 g/mol. The van der Waals surface area contributed by atoms with Gasteiger partial charge in [-0.2, -0.15) is 5.10 Å². The van der Waals surface area contributed by atoms with E-state index in [4.69, 9.17) is 5.73 Å². The van der Waals surface area contributed by atoms with E-state index < -0.39 is 0 Å². The van der Waals surface area contributed by atoms with E-state index in [-0.39, 0.29) is 5.54 Å². The van der Waals surface area contributed by atoms with Gasteiger partial charge in [0.2, 0.25) is 0 Å². The van der Waals surface area contributed by atoms with Gasteiger partial charge in [0.25, 0.3) is 0 Å². The first-order chi connectivity index (χ1) is 6.25. The summed E-state index contributed by atoms with van der Waals surface area (Å²) >= 11 is 2.27. The molecule has 0 aliphatic carbocycles. The number of hydrogen-bond acceptors (Lipinski definition) is 2. The van der Waals surface area contributed by atoms with Crippen molar-refractivity contribution in [3.05, 3.63) is 9.26 Å². The van der Waals surface area contributed by atoms with E-state index in [0.717, 1.165) is 15.1 Å². The van der Waals surface area contributed by atoms with Crippen LogP contribution in [-0.4, -0.2) is 9.78 Å². The van der Waals surface area contributed by atoms with E-state index >= 15 is 0 Å². The molecule has 4 heteroatoms. The van der Waals surface area contributed by atoms with Crippen LogP contribution >= 0.6 is 22.6 Å². The van der Waals surface area contributed by atoms with Gasteiger partial charge in [0.05, 0.1) is 14.8 Å². The summed E-state index contributed by atoms with van der Waals surface area (Å²) in [6.45, 7) is 10.6. The summed E-state index contributed by atoms with van der Waals surface area (Å²) < 4.78 is 3.00. The number of hydrogen-bond donors (Lipinski definition) is 1. The van der Waals surface area contributed by atoms with Crippen LogP contribution in [0.25, 0.3) is 0 Å². The summed E-state index contributed by atoms with van der Waals surface area (Å²) in [5, 5.41) is 4.56. The van der Waals surface area contributed by atoms with Crippen molar-refractivity contribution in [1.82, 2.24) is 9.78 Å². The second-order valence-electron chi connectivity index (χ2n) is 4.82. The Labute approximate surface area is 99.2 Å². The fourth-order valence-corrected chi connectivity index (χ4v) is 2.27. The summed E-state index contributed by atoms with van der Waals surface area (Å²) in [5.74, 6) is 1.20. The lowest BCUT2D eigenvalue weighted by Crippen LogP contribution is -2.25. The normalized spacial score (nSPS) is 12.5. The molecule has 0 aliphatic rings. The molecule has 1 aromatic rings. The van der Waals surface area contributed by atoms with Crippen molar-refractivity contribution in [3.8, 4) is 0 Å². The Morgan fingerprint density at radius 2 is 1.86 bits per heavy atom. The number of aromatic nitrogens is 2. The molecule has 0 saturated carbocycles. The average molecular weight is 307 g/mol. The lowest BCUT2D eigenvalue weighted by atomic mass is 10.1. The molecule has 0 spiro atoms. The van der Waals surface area contributed by atoms with Crippen LogP contribution in [0.4, 0.5) is 5.82 Å². The maximum Gasteiger partial charge on any atom is 0.136 e. The van der Waals surface area contributed by atoms with Gasteiger partial charge in [-0.25, -0.2) is 4.68 Å². The molecule has 0 fully saturated rings. The summed E-state index contributed by atoms with van der Waals surface area (Å²) in [5.41, 5.74) is 7.07. The Balaban J connectivity index is 3.29. The van der Waals surface area contributed by atoms with Crippen molar-refractivity contribution in [2.24, 2.45) is 0 Å². The summed E-state index contributed by atoms with van der Waals surface area (Å²) in [6, 6.07) is 0. The highest BCUT2D eigenvalue weighted by Gasteiger charge is 2.22. The van der Waals surface area contributed by atoms with E-state index in [1.165, 1.54) is 0 Å². The zero-order chi connectivity index (χ0) is 11.1. The number of nitrogens with zero attached hydrogens (tertiary/aromatic N) is 2. The predicted octanol–water partition coefficient (Wildman–Crippen LogP) is 2.95. The molecule has 0 bridgehead atoms. The summed E-state index contributed by atoms with van der Waals surface area (Å²) in [6.07, 6.45) is 0. The standard InChI is InChI=1S/C10H18IN3/c1-6(2)8-7(11)9(12)14(13-8)10(3,4)5/h6H,12H2,1-5H3. The highest BCUT2D eigenvalue weighted by atomic mass is 127. The van der Waals surface area contributed by atoms with E-state index in [2.05, 4.69) is 62.3 Å². The first kappa shape index (κ1) is 11.8. The minimum atomic E-state index is -0.0445. The van der Waals surface area contributed by atoms with Gasteiger partial charge < -0.3 is 5.73 Å². The highest BCUT2D eigenvalue weighted by Crippen LogP contribution is 2.29. The Hall–Kier alpha value is -0.260. The predicted molar refractivity (Wildman–Crippen MR) is 68.4 cm³/mol. The van der Waals surface area contributed by atoms with Crippen LogP contribution in [0.2, 0.25) is 0 Å². The molecule has 0 aliphatic heterocycles. The molecular formula is C10H18IN3. The molecule has 2 N–H and O–H groups in total. The van der Waals surface area contributed by atoms with Gasteiger partial charge in [-0.1, -0.05) is 13.8 Å². The van der Waals surface area contributed by atoms with Crippen molar-refractivity contribution in [2.75, 3.05) is 5.73 Å². The number of nitrogen functional groups attached to an aromatic ring is 1. The van der Waals surface area contributed by atoms with Crippen molar-refractivity contribution >= 4 is 28.4 Å². The van der Waals surface area contributed by atoms with Crippen LogP contribution in [-0.2, 0) is 5.54 Å². The van der Waals surface area contributed by atoms with Crippen LogP contribution in [0.5, 0.6) is 0 Å². The fourth-order valence-electron chi connectivity index (χ4n) is 1.31. The molecule has 1 rings (SSSR count). The van der Waals surface area contributed by atoms with Crippen LogP contribution < -0.4 is 5.73 Å². The van der Waals surface area contributed by atoms with Crippen molar-refractivity contribution in [2.45, 2.75) is 46.1 Å². The molecule has 80 valence electrons. The van der Waals surface area contributed by atoms with E-state index in [0.29, 0.717) is 5.92 Å². The largest absolute Gasteiger partial charge is 0.383 e. The lowest BCUT2D eigenvalue weighted by molar-refractivity contribution is 0.358. The third-order valence-electron chi connectivity index (χ3n) is 2.07. The molecule has 0 amide bonds. The van der Waals surface area contributed by atoms with Crippen LogP contribution in [0.1, 0.15) is 46.2 Å². The maximum absolute atomic E-state index is 6.02. The Morgan fingerprint density at radius 3 is 2.07 bits per heavy atom. The number of rotatable bonds is 1. The minimum absolute atomic E-state index is 0.0445. The molecule has 0 saturated heterocycles. The molecule has 14 heavy (non-hydrogen) atoms. The zero-order valence-corrected chi connectivity index (χ0v) is 11.6. The van der Waals surface area contributed by atoms with Gasteiger partial charge >= 0.3 is 0 Å². The SMILES string of the molecule is CC(C)c1nn(C(C)(C)C)c(N)c1I. The average Bonchev–Trinajstić information content (AvgIpc) is 2.28. The van der Waals surface area contributed by atoms with Gasteiger partial charge in [-0.3, -0.25) is 0 Å². The zero-order valence-electron chi connectivity index (χ0n) is 9.43. The Kier molecular flexibility index (Phi) is 3.13. The van der Waals surface area contributed by atoms with E-state index in [1.807, 2.05) is 4.68 Å². The van der Waals surface area contributed by atoms with Gasteiger partial charge in [0.1, 0.15) is 5.82 Å². The Morgan fingerprint density at radius 1 is 1.36 bits per heavy atom. The molecule has 0 unspecified atom stereocenters. The number of nitrogens with two attached hydrogens (primary N) is 1. The van der Waals surface area contributed by atoms with Crippen molar-refractivity contribution in [3.63, 3.8) is 0 Å². The smallest absolute Gasteiger partial charge is 0.136 e. The molecule has 0 aromatic carbocycles. The van der Waals surface area contributed by atoms with Crippen LogP contribution in [0, 0.1) is 3.57 Å². The van der Waals surface area contributed by atoms with Crippen molar-refractivity contribution in [1.29, 1.82) is 0 Å². The maximum atomic E-state index is 6.02. The second kappa shape index (κ2) is 3.72. The topological polar surface area (TPSA) is 43.8 Å². The molecule has 1 heterocycles. The van der Waals surface area contributed by atoms with Crippen LogP contribution in [0.15, 0.2) is 0 Å². The molecule has 1 aromatic heterocycles. The van der Waals surface area contributed by atoms with E-state index in [1.54, 1.807) is 0 Å². The first-order valence-corrected chi connectivity index (χ1v) is 5.87. The van der Waals surface area contributed by atoms with Crippen molar-refractivity contribution < 1.29 is 0 Å². The summed E-state index contributed by atoms with van der Waals surface area (Å²) in [7, 11) is 0. The van der Waals surface area contributed by atoms with Gasteiger partial charge in [0.15, 0.2) is 0 Å². The quantitative estimate of drug-likeness (QED) is 0.811. The second-order valence-corrected chi connectivity index (χ2v) is 5.90. The van der Waals surface area contributed by atoms with Crippen LogP contribution in [0.3, 0.4) is 0 Å². The third-order valence-corrected chi connectivity index (χ3v) is 3.17. The van der Waals surface area contributed by atoms with E-state index in [9.17, 15) is 0 Å². The fraction of sp³-hybridized carbons (Fsp3) is 0.700.